The van der Waals surface area contributed by atoms with E-state index in [0.29, 0.717) is 18.3 Å². The van der Waals surface area contributed by atoms with E-state index in [1.807, 2.05) is 0 Å². The third-order valence-corrected chi connectivity index (χ3v) is 4.97. The van der Waals surface area contributed by atoms with Gasteiger partial charge in [0.15, 0.2) is 0 Å². The number of aliphatic hydroxyl groups is 1. The Hall–Kier alpha value is -1.47. The van der Waals surface area contributed by atoms with Crippen LogP contribution in [0.5, 0.6) is 0 Å². The Kier molecular flexibility index (Phi) is 3.71. The molecular formula is C14H22N4O3. The third kappa shape index (κ3) is 2.80. The maximum absolute atomic E-state index is 10.9. The minimum atomic E-state index is -0.485. The van der Waals surface area contributed by atoms with Gasteiger partial charge in [0.05, 0.1) is 17.2 Å². The zero-order valence-electron chi connectivity index (χ0n) is 12.4. The average Bonchev–Trinajstić information content (AvgIpc) is 2.80. The molecule has 7 heteroatoms. The van der Waals surface area contributed by atoms with E-state index in [1.165, 1.54) is 12.6 Å². The number of nitrogens with zero attached hydrogens (tertiary/aromatic N) is 4. The van der Waals surface area contributed by atoms with Gasteiger partial charge in [0.1, 0.15) is 11.9 Å². The van der Waals surface area contributed by atoms with Crippen molar-refractivity contribution in [2.24, 2.45) is 5.92 Å². The zero-order chi connectivity index (χ0) is 15.0. The zero-order valence-corrected chi connectivity index (χ0v) is 12.4. The molecule has 2 aliphatic rings. The second-order valence-electron chi connectivity index (χ2n) is 6.41. The SMILES string of the molecule is Cc1nn(CN2CCC3(O)CCCCC3C2)cc1[N+](=O)[O-]. The minimum absolute atomic E-state index is 0.0705. The molecule has 2 heterocycles. The van der Waals surface area contributed by atoms with E-state index in [2.05, 4.69) is 10.00 Å². The average molecular weight is 294 g/mol. The summed E-state index contributed by atoms with van der Waals surface area (Å²) < 4.78 is 1.64. The van der Waals surface area contributed by atoms with E-state index in [9.17, 15) is 15.2 Å². The standard InChI is InChI=1S/C14H22N4O3/c1-11-13(18(20)21)9-17(15-11)10-16-7-6-14(19)5-3-2-4-12(14)8-16/h9,12,19H,2-8,10H2,1H3. The van der Waals surface area contributed by atoms with Crippen molar-refractivity contribution in [3.8, 4) is 0 Å². The molecule has 0 spiro atoms. The van der Waals surface area contributed by atoms with Crippen LogP contribution in [0.3, 0.4) is 0 Å². The quantitative estimate of drug-likeness (QED) is 0.677. The van der Waals surface area contributed by atoms with Crippen LogP contribution in [0.1, 0.15) is 37.8 Å². The van der Waals surface area contributed by atoms with Gasteiger partial charge < -0.3 is 5.11 Å². The van der Waals surface area contributed by atoms with E-state index in [1.54, 1.807) is 11.6 Å². The number of hydrogen-bond acceptors (Lipinski definition) is 5. The predicted molar refractivity (Wildman–Crippen MR) is 76.7 cm³/mol. The summed E-state index contributed by atoms with van der Waals surface area (Å²) in [5.41, 5.74) is 0.0354. The number of fused-ring (bicyclic) bond motifs is 1. The summed E-state index contributed by atoms with van der Waals surface area (Å²) in [6, 6.07) is 0. The highest BCUT2D eigenvalue weighted by Gasteiger charge is 2.42. The molecule has 7 nitrogen and oxygen atoms in total. The Morgan fingerprint density at radius 2 is 2.33 bits per heavy atom. The lowest BCUT2D eigenvalue weighted by Crippen LogP contribution is -2.53. The molecule has 1 N–H and O–H groups in total. The normalized spacial score (nSPS) is 30.1. The number of piperidine rings is 1. The molecule has 1 aliphatic heterocycles. The van der Waals surface area contributed by atoms with Gasteiger partial charge in [-0.25, -0.2) is 0 Å². The number of nitro groups is 1. The molecule has 0 aromatic carbocycles. The molecule has 2 atom stereocenters. The molecule has 0 bridgehead atoms. The maximum atomic E-state index is 10.9. The number of aromatic nitrogens is 2. The van der Waals surface area contributed by atoms with Crippen molar-refractivity contribution in [2.45, 2.75) is 51.3 Å². The Labute approximate surface area is 123 Å². The van der Waals surface area contributed by atoms with Gasteiger partial charge in [-0.15, -0.1) is 0 Å². The highest BCUT2D eigenvalue weighted by molar-refractivity contribution is 5.30. The molecule has 116 valence electrons. The van der Waals surface area contributed by atoms with Crippen LogP contribution in [0.2, 0.25) is 0 Å². The number of likely N-dealkylation sites (tertiary alicyclic amines) is 1. The molecule has 1 aromatic rings. The molecular weight excluding hydrogens is 272 g/mol. The van der Waals surface area contributed by atoms with Gasteiger partial charge in [0, 0.05) is 19.0 Å². The maximum Gasteiger partial charge on any atom is 0.309 e. The highest BCUT2D eigenvalue weighted by Crippen LogP contribution is 2.39. The van der Waals surface area contributed by atoms with Crippen LogP contribution in [0, 0.1) is 23.0 Å². The molecule has 2 unspecified atom stereocenters. The smallest absolute Gasteiger partial charge is 0.309 e. The van der Waals surface area contributed by atoms with E-state index in [-0.39, 0.29) is 5.69 Å². The third-order valence-electron chi connectivity index (χ3n) is 4.97. The predicted octanol–water partition coefficient (Wildman–Crippen LogP) is 1.68. The van der Waals surface area contributed by atoms with Gasteiger partial charge in [-0.1, -0.05) is 12.8 Å². The van der Waals surface area contributed by atoms with Crippen molar-refractivity contribution in [2.75, 3.05) is 13.1 Å². The second-order valence-corrected chi connectivity index (χ2v) is 6.41. The molecule has 21 heavy (non-hydrogen) atoms. The molecule has 0 amide bonds. The molecule has 2 fully saturated rings. The lowest BCUT2D eigenvalue weighted by Gasteiger charge is -2.47. The van der Waals surface area contributed by atoms with Crippen LogP contribution in [0.4, 0.5) is 5.69 Å². The van der Waals surface area contributed by atoms with E-state index in [0.717, 1.165) is 38.8 Å². The fraction of sp³-hybridized carbons (Fsp3) is 0.786. The number of aryl methyl sites for hydroxylation is 1. The summed E-state index contributed by atoms with van der Waals surface area (Å²) in [5.74, 6) is 0.326. The topological polar surface area (TPSA) is 84.4 Å². The lowest BCUT2D eigenvalue weighted by atomic mass is 9.71. The van der Waals surface area contributed by atoms with Crippen LogP contribution in [0.15, 0.2) is 6.20 Å². The number of rotatable bonds is 3. The van der Waals surface area contributed by atoms with Gasteiger partial charge >= 0.3 is 5.69 Å². The largest absolute Gasteiger partial charge is 0.390 e. The van der Waals surface area contributed by atoms with Gasteiger partial charge in [0.25, 0.3) is 0 Å². The Bertz CT molecular complexity index is 544. The summed E-state index contributed by atoms with van der Waals surface area (Å²) in [4.78, 5) is 12.7. The van der Waals surface area contributed by atoms with Crippen LogP contribution < -0.4 is 0 Å². The van der Waals surface area contributed by atoms with Crippen LogP contribution >= 0.6 is 0 Å². The molecule has 0 radical (unpaired) electrons. The monoisotopic (exact) mass is 294 g/mol. The van der Waals surface area contributed by atoms with Crippen molar-refractivity contribution in [3.63, 3.8) is 0 Å². The summed E-state index contributed by atoms with van der Waals surface area (Å²) in [7, 11) is 0. The Morgan fingerprint density at radius 1 is 1.52 bits per heavy atom. The van der Waals surface area contributed by atoms with Crippen molar-refractivity contribution >= 4 is 5.69 Å². The first kappa shape index (κ1) is 14.5. The summed E-state index contributed by atoms with van der Waals surface area (Å²) in [6.45, 7) is 3.88. The minimum Gasteiger partial charge on any atom is -0.390 e. The summed E-state index contributed by atoms with van der Waals surface area (Å²) >= 11 is 0. The second kappa shape index (κ2) is 5.38. The molecule has 3 rings (SSSR count). The molecule has 1 aliphatic carbocycles. The first-order valence-corrected chi connectivity index (χ1v) is 7.61. The van der Waals surface area contributed by atoms with E-state index in [4.69, 9.17) is 0 Å². The van der Waals surface area contributed by atoms with Gasteiger partial charge in [-0.3, -0.25) is 19.7 Å². The van der Waals surface area contributed by atoms with Crippen LogP contribution in [-0.2, 0) is 6.67 Å². The van der Waals surface area contributed by atoms with Gasteiger partial charge in [-0.2, -0.15) is 5.10 Å². The van der Waals surface area contributed by atoms with Gasteiger partial charge in [-0.05, 0) is 26.2 Å². The van der Waals surface area contributed by atoms with Crippen LogP contribution in [-0.4, -0.2) is 43.4 Å². The van der Waals surface area contributed by atoms with Crippen molar-refractivity contribution < 1.29 is 10.0 Å². The fourth-order valence-electron chi connectivity index (χ4n) is 3.73. The first-order valence-electron chi connectivity index (χ1n) is 7.61. The van der Waals surface area contributed by atoms with Crippen molar-refractivity contribution in [1.82, 2.24) is 14.7 Å². The number of hydrogen-bond donors (Lipinski definition) is 1. The molecule has 1 saturated heterocycles. The van der Waals surface area contributed by atoms with Crippen LogP contribution in [0.25, 0.3) is 0 Å². The summed E-state index contributed by atoms with van der Waals surface area (Å²) in [5, 5.41) is 25.7. The fourth-order valence-corrected chi connectivity index (χ4v) is 3.73. The first-order chi connectivity index (χ1) is 9.98. The van der Waals surface area contributed by atoms with Crippen molar-refractivity contribution in [1.29, 1.82) is 0 Å². The lowest BCUT2D eigenvalue weighted by molar-refractivity contribution is -0.385. The summed E-state index contributed by atoms with van der Waals surface area (Å²) in [6.07, 6.45) is 6.59. The Balaban J connectivity index is 1.66. The van der Waals surface area contributed by atoms with Gasteiger partial charge in [0.2, 0.25) is 0 Å². The van der Waals surface area contributed by atoms with E-state index >= 15 is 0 Å². The molecule has 1 aromatic heterocycles. The van der Waals surface area contributed by atoms with E-state index < -0.39 is 10.5 Å². The molecule has 1 saturated carbocycles. The Morgan fingerprint density at radius 3 is 3.05 bits per heavy atom. The highest BCUT2D eigenvalue weighted by atomic mass is 16.6. The van der Waals surface area contributed by atoms with Crippen molar-refractivity contribution in [3.05, 3.63) is 22.0 Å².